The first kappa shape index (κ1) is 16.0. The zero-order valence-corrected chi connectivity index (χ0v) is 12.3. The number of hydrogen-bond acceptors (Lipinski definition) is 4. The molecule has 0 aliphatic heterocycles. The van der Waals surface area contributed by atoms with Crippen molar-refractivity contribution in [3.63, 3.8) is 0 Å². The summed E-state index contributed by atoms with van der Waals surface area (Å²) < 4.78 is 0. The van der Waals surface area contributed by atoms with Crippen LogP contribution in [0.5, 0.6) is 0 Å². The lowest BCUT2D eigenvalue weighted by Gasteiger charge is -2.28. The number of non-ortho nitro benzene ring substituents is 1. The van der Waals surface area contributed by atoms with Crippen molar-refractivity contribution in [2.45, 2.75) is 33.6 Å². The van der Waals surface area contributed by atoms with Gasteiger partial charge in [-0.2, -0.15) is 5.26 Å². The van der Waals surface area contributed by atoms with Gasteiger partial charge in [-0.05, 0) is 18.9 Å². The summed E-state index contributed by atoms with van der Waals surface area (Å²) in [5, 5.41) is 20.0. The van der Waals surface area contributed by atoms with E-state index in [-0.39, 0.29) is 5.69 Å². The first-order valence-electron chi connectivity index (χ1n) is 7.00. The standard InChI is InChI=1S/C15H21N3O2/c1-4-12(5-2)11-17(6-3)15-8-7-14(18(19)20)9-13(15)10-16/h7-9,12H,4-6,11H2,1-3H3. The highest BCUT2D eigenvalue weighted by atomic mass is 16.6. The summed E-state index contributed by atoms with van der Waals surface area (Å²) in [6.45, 7) is 8.00. The van der Waals surface area contributed by atoms with Crippen molar-refractivity contribution in [3.05, 3.63) is 33.9 Å². The molecule has 0 fully saturated rings. The number of nitriles is 1. The molecule has 0 saturated carbocycles. The third-order valence-corrected chi connectivity index (χ3v) is 3.67. The van der Waals surface area contributed by atoms with Crippen molar-refractivity contribution < 1.29 is 4.92 Å². The molecular formula is C15H21N3O2. The summed E-state index contributed by atoms with van der Waals surface area (Å²) >= 11 is 0. The highest BCUT2D eigenvalue weighted by molar-refractivity contribution is 5.62. The van der Waals surface area contributed by atoms with Gasteiger partial charge in [0.15, 0.2) is 0 Å². The van der Waals surface area contributed by atoms with E-state index in [0.29, 0.717) is 11.5 Å². The van der Waals surface area contributed by atoms with Gasteiger partial charge in [-0.25, -0.2) is 0 Å². The van der Waals surface area contributed by atoms with Gasteiger partial charge in [0, 0.05) is 25.2 Å². The lowest BCUT2D eigenvalue weighted by Crippen LogP contribution is -2.29. The molecule has 0 aliphatic rings. The molecule has 1 aromatic rings. The Morgan fingerprint density at radius 2 is 2.00 bits per heavy atom. The van der Waals surface area contributed by atoms with Crippen molar-refractivity contribution in [3.8, 4) is 6.07 Å². The second-order valence-corrected chi connectivity index (χ2v) is 4.79. The van der Waals surface area contributed by atoms with Gasteiger partial charge in [-0.15, -0.1) is 0 Å². The van der Waals surface area contributed by atoms with Gasteiger partial charge in [-0.3, -0.25) is 10.1 Å². The highest BCUT2D eigenvalue weighted by Crippen LogP contribution is 2.26. The lowest BCUT2D eigenvalue weighted by molar-refractivity contribution is -0.384. The van der Waals surface area contributed by atoms with Crippen LogP contribution in [0.2, 0.25) is 0 Å². The largest absolute Gasteiger partial charge is 0.370 e. The average Bonchev–Trinajstić information content (AvgIpc) is 2.48. The molecular weight excluding hydrogens is 254 g/mol. The zero-order valence-electron chi connectivity index (χ0n) is 12.3. The summed E-state index contributed by atoms with van der Waals surface area (Å²) in [6.07, 6.45) is 2.17. The van der Waals surface area contributed by atoms with E-state index in [4.69, 9.17) is 0 Å². The van der Waals surface area contributed by atoms with Crippen LogP contribution < -0.4 is 4.90 Å². The Morgan fingerprint density at radius 3 is 2.45 bits per heavy atom. The van der Waals surface area contributed by atoms with Gasteiger partial charge in [0.1, 0.15) is 6.07 Å². The van der Waals surface area contributed by atoms with Gasteiger partial charge >= 0.3 is 0 Å². The fraction of sp³-hybridized carbons (Fsp3) is 0.533. The van der Waals surface area contributed by atoms with Gasteiger partial charge < -0.3 is 4.90 Å². The Balaban J connectivity index is 3.09. The molecule has 1 rings (SSSR count). The van der Waals surface area contributed by atoms with E-state index in [9.17, 15) is 15.4 Å². The van der Waals surface area contributed by atoms with Crippen LogP contribution in [-0.2, 0) is 0 Å². The van der Waals surface area contributed by atoms with Crippen LogP contribution in [0.4, 0.5) is 11.4 Å². The van der Waals surface area contributed by atoms with Crippen molar-refractivity contribution in [1.29, 1.82) is 5.26 Å². The van der Waals surface area contributed by atoms with Crippen molar-refractivity contribution in [2.24, 2.45) is 5.92 Å². The maximum absolute atomic E-state index is 10.8. The molecule has 0 heterocycles. The summed E-state index contributed by atoms with van der Waals surface area (Å²) in [6, 6.07) is 6.57. The molecule has 0 aromatic heterocycles. The molecule has 5 heteroatoms. The Hall–Kier alpha value is -2.09. The normalized spacial score (nSPS) is 10.3. The van der Waals surface area contributed by atoms with E-state index < -0.39 is 4.92 Å². The molecule has 108 valence electrons. The number of nitro benzene ring substituents is 1. The third kappa shape index (κ3) is 3.70. The predicted molar refractivity (Wildman–Crippen MR) is 79.8 cm³/mol. The molecule has 0 radical (unpaired) electrons. The fourth-order valence-electron chi connectivity index (χ4n) is 2.26. The van der Waals surface area contributed by atoms with Crippen LogP contribution in [0.3, 0.4) is 0 Å². The monoisotopic (exact) mass is 275 g/mol. The lowest BCUT2D eigenvalue weighted by atomic mass is 10.0. The maximum Gasteiger partial charge on any atom is 0.270 e. The minimum absolute atomic E-state index is 0.0381. The molecule has 0 N–H and O–H groups in total. The molecule has 5 nitrogen and oxygen atoms in total. The molecule has 0 bridgehead atoms. The number of hydrogen-bond donors (Lipinski definition) is 0. The van der Waals surface area contributed by atoms with Crippen LogP contribution in [0.1, 0.15) is 39.2 Å². The molecule has 0 spiro atoms. The quantitative estimate of drug-likeness (QED) is 0.561. The van der Waals surface area contributed by atoms with Crippen molar-refractivity contribution in [1.82, 2.24) is 0 Å². The Bertz CT molecular complexity index is 504. The molecule has 20 heavy (non-hydrogen) atoms. The number of nitro groups is 1. The summed E-state index contributed by atoms with van der Waals surface area (Å²) in [5.74, 6) is 0.566. The minimum Gasteiger partial charge on any atom is -0.370 e. The highest BCUT2D eigenvalue weighted by Gasteiger charge is 2.17. The Morgan fingerprint density at radius 1 is 1.35 bits per heavy atom. The Labute approximate surface area is 120 Å². The van der Waals surface area contributed by atoms with E-state index in [2.05, 4.69) is 24.8 Å². The molecule has 1 aromatic carbocycles. The SMILES string of the molecule is CCC(CC)CN(CC)c1ccc([N+](=O)[O-])cc1C#N. The number of benzene rings is 1. The van der Waals surface area contributed by atoms with Gasteiger partial charge in [-0.1, -0.05) is 26.7 Å². The van der Waals surface area contributed by atoms with Crippen LogP contribution in [0.15, 0.2) is 18.2 Å². The van der Waals surface area contributed by atoms with E-state index in [0.717, 1.165) is 31.6 Å². The van der Waals surface area contributed by atoms with Gasteiger partial charge in [0.25, 0.3) is 5.69 Å². The summed E-state index contributed by atoms with van der Waals surface area (Å²) in [7, 11) is 0. The van der Waals surface area contributed by atoms with Gasteiger partial charge in [0.2, 0.25) is 0 Å². The Kier molecular flexibility index (Phi) is 5.98. The fourth-order valence-corrected chi connectivity index (χ4v) is 2.26. The maximum atomic E-state index is 10.8. The average molecular weight is 275 g/mol. The molecule has 0 saturated heterocycles. The molecule has 0 atom stereocenters. The van der Waals surface area contributed by atoms with Crippen molar-refractivity contribution >= 4 is 11.4 Å². The van der Waals surface area contributed by atoms with Gasteiger partial charge in [0.05, 0.1) is 16.2 Å². The summed E-state index contributed by atoms with van der Waals surface area (Å²) in [5.41, 5.74) is 1.11. The first-order valence-corrected chi connectivity index (χ1v) is 7.00. The van der Waals surface area contributed by atoms with E-state index in [1.807, 2.05) is 6.92 Å². The summed E-state index contributed by atoms with van der Waals surface area (Å²) in [4.78, 5) is 12.4. The van der Waals surface area contributed by atoms with Crippen LogP contribution in [0.25, 0.3) is 0 Å². The second-order valence-electron chi connectivity index (χ2n) is 4.79. The predicted octanol–water partition coefficient (Wildman–Crippen LogP) is 3.73. The van der Waals surface area contributed by atoms with Crippen LogP contribution in [0, 0.1) is 27.4 Å². The zero-order chi connectivity index (χ0) is 15.1. The van der Waals surface area contributed by atoms with Crippen molar-refractivity contribution in [2.75, 3.05) is 18.0 Å². The first-order chi connectivity index (χ1) is 9.57. The topological polar surface area (TPSA) is 70.2 Å². The minimum atomic E-state index is -0.470. The molecule has 0 amide bonds. The van der Waals surface area contributed by atoms with Crippen LogP contribution in [-0.4, -0.2) is 18.0 Å². The number of rotatable bonds is 7. The van der Waals surface area contributed by atoms with E-state index in [1.54, 1.807) is 6.07 Å². The van der Waals surface area contributed by atoms with E-state index >= 15 is 0 Å². The second kappa shape index (κ2) is 7.49. The number of nitrogens with zero attached hydrogens (tertiary/aromatic N) is 3. The smallest absolute Gasteiger partial charge is 0.270 e. The van der Waals surface area contributed by atoms with Crippen LogP contribution >= 0.6 is 0 Å². The molecule has 0 unspecified atom stereocenters. The third-order valence-electron chi connectivity index (χ3n) is 3.67. The molecule has 0 aliphatic carbocycles. The number of anilines is 1. The van der Waals surface area contributed by atoms with E-state index in [1.165, 1.54) is 12.1 Å².